The highest BCUT2D eigenvalue weighted by Crippen LogP contribution is 2.25. The van der Waals surface area contributed by atoms with Crippen LogP contribution in [0.15, 0.2) is 0 Å². The molecule has 0 saturated carbocycles. The topological polar surface area (TPSA) is 60.9 Å². The minimum absolute atomic E-state index is 0.0183. The van der Waals surface area contributed by atoms with Crippen LogP contribution in [0.1, 0.15) is 41.0 Å². The number of hydrogen-bond acceptors (Lipinski definition) is 2. The molecule has 0 fully saturated rings. The van der Waals surface area contributed by atoms with E-state index in [-0.39, 0.29) is 11.8 Å². The molecule has 0 aromatic rings. The molecule has 0 aliphatic rings. The quantitative estimate of drug-likeness (QED) is 0.841. The molecule has 1 N–H and O–H groups in total. The van der Waals surface area contributed by atoms with Crippen LogP contribution in [-0.4, -0.2) is 52.6 Å². The lowest BCUT2D eigenvalue weighted by atomic mass is 9.92. The Morgan fingerprint density at radius 3 is 1.89 bits per heavy atom. The molecule has 0 radical (unpaired) electrons. The van der Waals surface area contributed by atoms with E-state index in [4.69, 9.17) is 0 Å². The molecule has 106 valence electrons. The summed E-state index contributed by atoms with van der Waals surface area (Å²) in [5, 5.41) is 9.41. The molecular weight excluding hydrogens is 232 g/mol. The van der Waals surface area contributed by atoms with Crippen molar-refractivity contribution in [2.75, 3.05) is 14.1 Å². The zero-order chi connectivity index (χ0) is 14.7. The first-order chi connectivity index (χ1) is 8.03. The van der Waals surface area contributed by atoms with Crippen LogP contribution in [0.2, 0.25) is 0 Å². The lowest BCUT2D eigenvalue weighted by Gasteiger charge is -2.42. The molecule has 0 spiro atoms. The molecule has 0 aliphatic heterocycles. The Morgan fingerprint density at radius 1 is 1.22 bits per heavy atom. The van der Waals surface area contributed by atoms with E-state index in [1.807, 2.05) is 13.8 Å². The van der Waals surface area contributed by atoms with Crippen molar-refractivity contribution >= 4 is 12.0 Å². The molecule has 0 saturated heterocycles. The van der Waals surface area contributed by atoms with E-state index in [2.05, 4.69) is 0 Å². The fourth-order valence-electron chi connectivity index (χ4n) is 1.92. The van der Waals surface area contributed by atoms with Gasteiger partial charge in [0, 0.05) is 19.6 Å². The van der Waals surface area contributed by atoms with Crippen molar-refractivity contribution in [2.24, 2.45) is 5.92 Å². The van der Waals surface area contributed by atoms with Gasteiger partial charge in [0.15, 0.2) is 0 Å². The summed E-state index contributed by atoms with van der Waals surface area (Å²) in [5.74, 6) is -0.183. The maximum absolute atomic E-state index is 12.3. The van der Waals surface area contributed by atoms with Crippen molar-refractivity contribution in [1.29, 1.82) is 0 Å². The Morgan fingerprint density at radius 2 is 1.67 bits per heavy atom. The number of nitrogens with zero attached hydrogens (tertiary/aromatic N) is 2. The highest BCUT2D eigenvalue weighted by Gasteiger charge is 2.40. The van der Waals surface area contributed by atoms with Gasteiger partial charge in [-0.3, -0.25) is 9.69 Å². The average molecular weight is 258 g/mol. The predicted molar refractivity (Wildman–Crippen MR) is 71.6 cm³/mol. The monoisotopic (exact) mass is 258 g/mol. The van der Waals surface area contributed by atoms with Gasteiger partial charge >= 0.3 is 6.09 Å². The molecular formula is C13H26N2O3. The Labute approximate surface area is 110 Å². The van der Waals surface area contributed by atoms with E-state index in [9.17, 15) is 14.7 Å². The van der Waals surface area contributed by atoms with Crippen molar-refractivity contribution in [2.45, 2.75) is 52.6 Å². The predicted octanol–water partition coefficient (Wildman–Crippen LogP) is 2.27. The van der Waals surface area contributed by atoms with E-state index in [0.717, 1.165) is 6.42 Å². The third kappa shape index (κ3) is 3.89. The van der Waals surface area contributed by atoms with Crippen LogP contribution in [0.25, 0.3) is 0 Å². The van der Waals surface area contributed by atoms with Crippen LogP contribution < -0.4 is 0 Å². The molecule has 0 heterocycles. The van der Waals surface area contributed by atoms with Crippen molar-refractivity contribution in [1.82, 2.24) is 9.80 Å². The van der Waals surface area contributed by atoms with Crippen LogP contribution in [0.5, 0.6) is 0 Å². The number of carboxylic acid groups (broad SMARTS) is 1. The Hall–Kier alpha value is -1.26. The van der Waals surface area contributed by atoms with E-state index in [0.29, 0.717) is 0 Å². The van der Waals surface area contributed by atoms with Crippen molar-refractivity contribution in [3.8, 4) is 0 Å². The normalized spacial score (nSPS) is 14.8. The van der Waals surface area contributed by atoms with Gasteiger partial charge in [-0.05, 0) is 26.7 Å². The van der Waals surface area contributed by atoms with Crippen molar-refractivity contribution < 1.29 is 14.7 Å². The Kier molecular flexibility index (Phi) is 5.64. The fraction of sp³-hybridized carbons (Fsp3) is 0.846. The molecule has 5 nitrogen and oxygen atoms in total. The summed E-state index contributed by atoms with van der Waals surface area (Å²) in [4.78, 5) is 26.5. The Bertz CT molecular complexity index is 308. The SMILES string of the molecule is CC[C@H](C)[C@@H](C(=O)N(C)C)N(C(=O)O)C(C)(C)C. The van der Waals surface area contributed by atoms with Crippen molar-refractivity contribution in [3.05, 3.63) is 0 Å². The van der Waals surface area contributed by atoms with Gasteiger partial charge < -0.3 is 10.0 Å². The maximum Gasteiger partial charge on any atom is 0.408 e. The van der Waals surface area contributed by atoms with E-state index in [1.165, 1.54) is 9.80 Å². The first-order valence-electron chi connectivity index (χ1n) is 6.27. The molecule has 0 aliphatic carbocycles. The highest BCUT2D eigenvalue weighted by atomic mass is 16.4. The summed E-state index contributed by atoms with van der Waals surface area (Å²) < 4.78 is 0. The van der Waals surface area contributed by atoms with Crippen LogP contribution in [0.4, 0.5) is 4.79 Å². The van der Waals surface area contributed by atoms with Gasteiger partial charge in [-0.15, -0.1) is 0 Å². The summed E-state index contributed by atoms with van der Waals surface area (Å²) in [6.07, 6.45) is -0.299. The van der Waals surface area contributed by atoms with Crippen LogP contribution in [0.3, 0.4) is 0 Å². The number of amides is 2. The number of rotatable bonds is 4. The van der Waals surface area contributed by atoms with E-state index in [1.54, 1.807) is 34.9 Å². The number of carbonyl (C=O) groups is 2. The minimum Gasteiger partial charge on any atom is -0.465 e. The smallest absolute Gasteiger partial charge is 0.408 e. The van der Waals surface area contributed by atoms with Gasteiger partial charge in [0.25, 0.3) is 0 Å². The maximum atomic E-state index is 12.3. The first-order valence-corrected chi connectivity index (χ1v) is 6.27. The van der Waals surface area contributed by atoms with Crippen LogP contribution in [-0.2, 0) is 4.79 Å². The van der Waals surface area contributed by atoms with Crippen LogP contribution in [0, 0.1) is 5.92 Å². The van der Waals surface area contributed by atoms with E-state index < -0.39 is 17.7 Å². The molecule has 0 bridgehead atoms. The lowest BCUT2D eigenvalue weighted by molar-refractivity contribution is -0.137. The second-order valence-corrected chi connectivity index (χ2v) is 5.89. The minimum atomic E-state index is -1.05. The van der Waals surface area contributed by atoms with Gasteiger partial charge in [-0.1, -0.05) is 20.3 Å². The standard InChI is InChI=1S/C13H26N2O3/c1-8-9(2)10(11(16)14(6)7)15(12(17)18)13(3,4)5/h9-10H,8H2,1-7H3,(H,17,18)/t9-,10-/m0/s1. The first kappa shape index (κ1) is 16.7. The molecule has 18 heavy (non-hydrogen) atoms. The molecule has 0 unspecified atom stereocenters. The van der Waals surface area contributed by atoms with Crippen molar-refractivity contribution in [3.63, 3.8) is 0 Å². The molecule has 2 amide bonds. The fourth-order valence-corrected chi connectivity index (χ4v) is 1.92. The summed E-state index contributed by atoms with van der Waals surface area (Å²) in [6.45, 7) is 9.29. The molecule has 0 aromatic carbocycles. The third-order valence-electron chi connectivity index (χ3n) is 3.08. The summed E-state index contributed by atoms with van der Waals surface area (Å²) in [7, 11) is 3.31. The highest BCUT2D eigenvalue weighted by molar-refractivity contribution is 5.85. The van der Waals surface area contributed by atoms with Gasteiger partial charge in [-0.25, -0.2) is 4.79 Å². The molecule has 0 rings (SSSR count). The summed E-state index contributed by atoms with van der Waals surface area (Å²) in [6, 6.07) is -0.637. The van der Waals surface area contributed by atoms with Gasteiger partial charge in [-0.2, -0.15) is 0 Å². The van der Waals surface area contributed by atoms with E-state index >= 15 is 0 Å². The second-order valence-electron chi connectivity index (χ2n) is 5.89. The molecule has 0 aromatic heterocycles. The third-order valence-corrected chi connectivity index (χ3v) is 3.08. The zero-order valence-corrected chi connectivity index (χ0v) is 12.5. The number of hydrogen-bond donors (Lipinski definition) is 1. The Balaban J connectivity index is 5.52. The summed E-state index contributed by atoms with van der Waals surface area (Å²) >= 11 is 0. The number of carbonyl (C=O) groups excluding carboxylic acids is 1. The lowest BCUT2D eigenvalue weighted by Crippen LogP contribution is -2.58. The average Bonchev–Trinajstić information content (AvgIpc) is 2.20. The van der Waals surface area contributed by atoms with Gasteiger partial charge in [0.1, 0.15) is 6.04 Å². The largest absolute Gasteiger partial charge is 0.465 e. The summed E-state index contributed by atoms with van der Waals surface area (Å²) in [5.41, 5.74) is -0.606. The number of likely N-dealkylation sites (N-methyl/N-ethyl adjacent to an activating group) is 1. The second kappa shape index (κ2) is 6.07. The van der Waals surface area contributed by atoms with Gasteiger partial charge in [0.2, 0.25) is 5.91 Å². The molecule has 2 atom stereocenters. The molecule has 5 heteroatoms. The van der Waals surface area contributed by atoms with Gasteiger partial charge in [0.05, 0.1) is 0 Å². The van der Waals surface area contributed by atoms with Crippen LogP contribution >= 0.6 is 0 Å². The zero-order valence-electron chi connectivity index (χ0n) is 12.5.